The minimum absolute atomic E-state index is 0.204. The van der Waals surface area contributed by atoms with Crippen molar-refractivity contribution in [2.45, 2.75) is 91.0 Å². The Morgan fingerprint density at radius 2 is 1.94 bits per heavy atom. The van der Waals surface area contributed by atoms with E-state index in [1.54, 1.807) is 34.0 Å². The van der Waals surface area contributed by atoms with Crippen molar-refractivity contribution in [3.05, 3.63) is 12.7 Å². The zero-order valence-electron chi connectivity index (χ0n) is 21.7. The number of hydrogen-bond acceptors (Lipinski definition) is 10. The minimum atomic E-state index is -1.26. The molecule has 2 atom stereocenters. The van der Waals surface area contributed by atoms with Crippen LogP contribution < -0.4 is 15.9 Å². The molecular weight excluding hydrogens is 469 g/mol. The van der Waals surface area contributed by atoms with Gasteiger partial charge < -0.3 is 24.6 Å². The number of hydrogen-bond donors (Lipinski definition) is 3. The second-order valence-corrected chi connectivity index (χ2v) is 11.3. The van der Waals surface area contributed by atoms with Crippen molar-refractivity contribution in [3.63, 3.8) is 0 Å². The fraction of sp³-hybridized carbons (Fsp3) is 0.696. The summed E-state index contributed by atoms with van der Waals surface area (Å²) in [5, 5.41) is 6.61. The molecule has 35 heavy (non-hydrogen) atoms. The number of nitrogens with one attached hydrogen (secondary N) is 2. The highest BCUT2D eigenvalue weighted by Crippen LogP contribution is 2.33. The van der Waals surface area contributed by atoms with Gasteiger partial charge in [-0.3, -0.25) is 15.0 Å². The second kappa shape index (κ2) is 13.2. The minimum Gasteiger partial charge on any atom is -0.464 e. The first-order valence-electron chi connectivity index (χ1n) is 12.0. The predicted molar refractivity (Wildman–Crippen MR) is 138 cm³/mol. The van der Waals surface area contributed by atoms with Gasteiger partial charge >= 0.3 is 5.97 Å². The number of esters is 1. The van der Waals surface area contributed by atoms with Crippen LogP contribution in [0.2, 0.25) is 0 Å². The van der Waals surface area contributed by atoms with Gasteiger partial charge in [-0.25, -0.2) is 15.0 Å². The molecule has 0 bridgehead atoms. The van der Waals surface area contributed by atoms with Gasteiger partial charge in [0.1, 0.15) is 23.7 Å². The summed E-state index contributed by atoms with van der Waals surface area (Å²) < 4.78 is 13.5. The molecule has 0 saturated heterocycles. The van der Waals surface area contributed by atoms with Gasteiger partial charge in [0, 0.05) is 0 Å². The van der Waals surface area contributed by atoms with Crippen molar-refractivity contribution >= 4 is 37.5 Å². The van der Waals surface area contributed by atoms with Gasteiger partial charge in [-0.05, 0) is 41.0 Å². The normalized spacial score (nSPS) is 14.1. The van der Waals surface area contributed by atoms with Crippen LogP contribution in [0.5, 0.6) is 0 Å². The Morgan fingerprint density at radius 3 is 2.63 bits per heavy atom. The molecule has 0 amide bonds. The van der Waals surface area contributed by atoms with E-state index in [0.717, 1.165) is 32.0 Å². The Labute approximate surface area is 208 Å². The topological polar surface area (TPSA) is 146 Å². The van der Waals surface area contributed by atoms with Gasteiger partial charge in [0.15, 0.2) is 11.5 Å². The van der Waals surface area contributed by atoms with Crippen LogP contribution >= 0.6 is 8.22 Å². The maximum absolute atomic E-state index is 12.7. The van der Waals surface area contributed by atoms with E-state index in [9.17, 15) is 9.59 Å². The van der Waals surface area contributed by atoms with E-state index < -0.39 is 19.3 Å². The van der Waals surface area contributed by atoms with Crippen LogP contribution in [-0.4, -0.2) is 61.9 Å². The third kappa shape index (κ3) is 9.07. The fourth-order valence-electron chi connectivity index (χ4n) is 3.29. The average Bonchev–Trinajstić information content (AvgIpc) is 3.20. The highest BCUT2D eigenvalue weighted by Gasteiger charge is 2.34. The van der Waals surface area contributed by atoms with E-state index in [1.165, 1.54) is 6.33 Å². The Morgan fingerprint density at radius 1 is 1.20 bits per heavy atom. The largest absolute Gasteiger partial charge is 0.464 e. The summed E-state index contributed by atoms with van der Waals surface area (Å²) >= 11 is 0. The quantitative estimate of drug-likeness (QED) is 0.133. The standard InChI is InChI=1S/C23H40N7O4P/c1-7-8-9-10-11-33-21(32)23(5,6)29-35(28-22(3,4)13-31)16-34-17(2)12-30-15-27-18-19(24)25-14-26-20(18)30/h13-15,17,28-29H,7-12,16H2,1-6H3,(H2,24,25,26). The number of carbonyl (C=O) groups is 2. The van der Waals surface area contributed by atoms with Crippen LogP contribution in [0.15, 0.2) is 12.7 Å². The second-order valence-electron chi connectivity index (χ2n) is 9.75. The van der Waals surface area contributed by atoms with E-state index in [0.29, 0.717) is 30.1 Å². The molecule has 196 valence electrons. The lowest BCUT2D eigenvalue weighted by Gasteiger charge is -2.34. The Hall–Kier alpha value is -2.20. The molecule has 0 aromatic carbocycles. The first kappa shape index (κ1) is 29.0. The maximum atomic E-state index is 12.7. The SMILES string of the molecule is CCCCCCOC(=O)C(C)(C)NP(COC(C)Cn1cnc2c(N)ncnc21)NC(C)(C)C=O. The molecule has 2 heterocycles. The van der Waals surface area contributed by atoms with Crippen molar-refractivity contribution in [2.24, 2.45) is 0 Å². The Bertz CT molecular complexity index is 966. The molecule has 0 fully saturated rings. The molecule has 0 aliphatic rings. The van der Waals surface area contributed by atoms with Gasteiger partial charge in [0.05, 0.1) is 45.7 Å². The molecule has 4 N–H and O–H groups in total. The van der Waals surface area contributed by atoms with Crippen molar-refractivity contribution in [1.29, 1.82) is 0 Å². The van der Waals surface area contributed by atoms with E-state index in [2.05, 4.69) is 32.1 Å². The number of unbranched alkanes of at least 4 members (excludes halogenated alkanes) is 3. The van der Waals surface area contributed by atoms with E-state index in [-0.39, 0.29) is 18.4 Å². The summed E-state index contributed by atoms with van der Waals surface area (Å²) in [5.74, 6) is -0.00256. The smallest absolute Gasteiger partial charge is 0.326 e. The van der Waals surface area contributed by atoms with Crippen LogP contribution in [-0.2, 0) is 25.6 Å². The number of nitrogens with zero attached hydrogens (tertiary/aromatic N) is 4. The van der Waals surface area contributed by atoms with Crippen molar-refractivity contribution in [3.8, 4) is 0 Å². The lowest BCUT2D eigenvalue weighted by molar-refractivity contribution is -0.149. The summed E-state index contributed by atoms with van der Waals surface area (Å²) in [6, 6.07) is 0. The van der Waals surface area contributed by atoms with Gasteiger partial charge in [-0.2, -0.15) is 0 Å². The zero-order valence-corrected chi connectivity index (χ0v) is 22.6. The molecule has 2 aromatic rings. The van der Waals surface area contributed by atoms with Crippen LogP contribution in [0.4, 0.5) is 5.82 Å². The number of aldehydes is 1. The molecule has 2 rings (SSSR count). The molecule has 11 nitrogen and oxygen atoms in total. The number of rotatable bonds is 16. The molecule has 0 radical (unpaired) electrons. The van der Waals surface area contributed by atoms with Gasteiger partial charge in [0.2, 0.25) is 0 Å². The molecule has 12 heteroatoms. The number of aromatic nitrogens is 4. The van der Waals surface area contributed by atoms with Crippen molar-refractivity contribution in [2.75, 3.05) is 18.7 Å². The average molecular weight is 510 g/mol. The van der Waals surface area contributed by atoms with E-state index >= 15 is 0 Å². The van der Waals surface area contributed by atoms with Crippen LogP contribution in [0.1, 0.15) is 67.2 Å². The molecule has 0 aliphatic carbocycles. The molecule has 0 aliphatic heterocycles. The van der Waals surface area contributed by atoms with E-state index in [1.807, 2.05) is 11.5 Å². The number of fused-ring (bicyclic) bond motifs is 1. The molecule has 0 saturated carbocycles. The number of anilines is 1. The van der Waals surface area contributed by atoms with Crippen LogP contribution in [0.3, 0.4) is 0 Å². The number of carbonyl (C=O) groups excluding carboxylic acids is 2. The third-order valence-corrected chi connectivity index (χ3v) is 7.33. The third-order valence-electron chi connectivity index (χ3n) is 5.25. The summed E-state index contributed by atoms with van der Waals surface area (Å²) in [5.41, 5.74) is 5.31. The zero-order chi connectivity index (χ0) is 26.1. The van der Waals surface area contributed by atoms with Gasteiger partial charge in [-0.1, -0.05) is 26.2 Å². The lowest BCUT2D eigenvalue weighted by atomic mass is 10.1. The van der Waals surface area contributed by atoms with Crippen LogP contribution in [0.25, 0.3) is 11.2 Å². The highest BCUT2D eigenvalue weighted by atomic mass is 31.1. The summed E-state index contributed by atoms with van der Waals surface area (Å²) in [6.45, 7) is 12.1. The first-order valence-corrected chi connectivity index (χ1v) is 13.5. The monoisotopic (exact) mass is 509 g/mol. The number of nitrogen functional groups attached to an aromatic ring is 1. The fourth-order valence-corrected chi connectivity index (χ4v) is 5.39. The summed E-state index contributed by atoms with van der Waals surface area (Å²) in [7, 11) is -1.26. The van der Waals surface area contributed by atoms with Crippen LogP contribution in [0, 0.1) is 0 Å². The Kier molecular flexibility index (Phi) is 11.0. The van der Waals surface area contributed by atoms with Gasteiger partial charge in [-0.15, -0.1) is 0 Å². The van der Waals surface area contributed by atoms with E-state index in [4.69, 9.17) is 15.2 Å². The lowest BCUT2D eigenvalue weighted by Crippen LogP contribution is -2.50. The molecule has 0 spiro atoms. The maximum Gasteiger partial charge on any atom is 0.326 e. The van der Waals surface area contributed by atoms with Gasteiger partial charge in [0.25, 0.3) is 0 Å². The first-order chi connectivity index (χ1) is 16.5. The highest BCUT2D eigenvalue weighted by molar-refractivity contribution is 7.53. The molecule has 2 aromatic heterocycles. The number of ether oxygens (including phenoxy) is 2. The number of nitrogens with two attached hydrogens (primary N) is 1. The summed E-state index contributed by atoms with van der Waals surface area (Å²) in [6.07, 6.45) is 8.10. The molecule has 2 unspecified atom stereocenters. The van der Waals surface area contributed by atoms with Crippen molar-refractivity contribution in [1.82, 2.24) is 29.7 Å². The number of imidazole rings is 1. The summed E-state index contributed by atoms with van der Waals surface area (Å²) in [4.78, 5) is 36.8. The Balaban J connectivity index is 1.99. The molecular formula is C23H40N7O4P. The van der Waals surface area contributed by atoms with Crippen molar-refractivity contribution < 1.29 is 19.1 Å². The predicted octanol–water partition coefficient (Wildman–Crippen LogP) is 3.14.